The largest absolute Gasteiger partial charge is 0.290 e. The SMILES string of the molecule is O=C1C(=O)C2CCC([N+](=O)[O-])C(c3ccccc3)C2C1=O. The van der Waals surface area contributed by atoms with E-state index in [1.807, 2.05) is 0 Å². The van der Waals surface area contributed by atoms with Gasteiger partial charge in [0, 0.05) is 23.2 Å². The quantitative estimate of drug-likeness (QED) is 0.462. The minimum absolute atomic E-state index is 0.208. The molecule has 6 heteroatoms. The van der Waals surface area contributed by atoms with Gasteiger partial charge >= 0.3 is 0 Å². The van der Waals surface area contributed by atoms with Crippen LogP contribution >= 0.6 is 0 Å². The normalized spacial score (nSPS) is 32.1. The number of ketones is 3. The lowest BCUT2D eigenvalue weighted by Gasteiger charge is -2.33. The lowest BCUT2D eigenvalue weighted by molar-refractivity contribution is -0.531. The fraction of sp³-hybridized carbons (Fsp3) is 0.400. The third-order valence-electron chi connectivity index (χ3n) is 4.55. The molecule has 4 atom stereocenters. The molecule has 2 saturated carbocycles. The summed E-state index contributed by atoms with van der Waals surface area (Å²) in [6.07, 6.45) is 0.440. The van der Waals surface area contributed by atoms with Crippen LogP contribution in [0, 0.1) is 22.0 Å². The van der Waals surface area contributed by atoms with E-state index >= 15 is 0 Å². The maximum absolute atomic E-state index is 12.1. The van der Waals surface area contributed by atoms with Gasteiger partial charge in [-0.15, -0.1) is 0 Å². The Kier molecular flexibility index (Phi) is 3.16. The monoisotopic (exact) mass is 287 g/mol. The predicted octanol–water partition coefficient (Wildman–Crippen LogP) is 1.16. The summed E-state index contributed by atoms with van der Waals surface area (Å²) in [5.74, 6) is -4.70. The standard InChI is InChI=1S/C15H13NO5/c17-13-9-6-7-10(16(20)21)11(8-4-2-1-3-5-8)12(9)14(18)15(13)19/h1-5,9-12H,6-7H2. The molecule has 0 heterocycles. The summed E-state index contributed by atoms with van der Waals surface area (Å²) >= 11 is 0. The molecule has 0 aliphatic heterocycles. The molecule has 21 heavy (non-hydrogen) atoms. The van der Waals surface area contributed by atoms with E-state index in [0.717, 1.165) is 0 Å². The highest BCUT2D eigenvalue weighted by atomic mass is 16.6. The van der Waals surface area contributed by atoms with Crippen molar-refractivity contribution in [3.8, 4) is 0 Å². The Hall–Kier alpha value is -2.37. The number of hydrogen-bond donors (Lipinski definition) is 0. The van der Waals surface area contributed by atoms with Crippen LogP contribution in [0.1, 0.15) is 24.3 Å². The van der Waals surface area contributed by atoms with Crippen LogP contribution in [0.3, 0.4) is 0 Å². The van der Waals surface area contributed by atoms with Crippen molar-refractivity contribution >= 4 is 17.3 Å². The Labute approximate surface area is 120 Å². The van der Waals surface area contributed by atoms with Gasteiger partial charge in [0.15, 0.2) is 0 Å². The maximum atomic E-state index is 12.1. The molecule has 0 spiro atoms. The number of carbonyl (C=O) groups excluding carboxylic acids is 3. The zero-order chi connectivity index (χ0) is 15.1. The van der Waals surface area contributed by atoms with Crippen LogP contribution in [0.25, 0.3) is 0 Å². The van der Waals surface area contributed by atoms with Gasteiger partial charge in [0.25, 0.3) is 5.78 Å². The second-order valence-electron chi connectivity index (χ2n) is 5.56. The van der Waals surface area contributed by atoms with Gasteiger partial charge in [-0.1, -0.05) is 30.3 Å². The number of carbonyl (C=O) groups is 3. The van der Waals surface area contributed by atoms with Crippen LogP contribution in [0.5, 0.6) is 0 Å². The number of hydrogen-bond acceptors (Lipinski definition) is 5. The first-order valence-corrected chi connectivity index (χ1v) is 6.83. The molecule has 1 aromatic carbocycles. The van der Waals surface area contributed by atoms with Crippen LogP contribution in [0.4, 0.5) is 0 Å². The van der Waals surface area contributed by atoms with Crippen molar-refractivity contribution in [1.29, 1.82) is 0 Å². The molecule has 2 aliphatic rings. The molecule has 2 aliphatic carbocycles. The number of nitro groups is 1. The number of fused-ring (bicyclic) bond motifs is 1. The zero-order valence-electron chi connectivity index (χ0n) is 11.1. The van der Waals surface area contributed by atoms with Crippen molar-refractivity contribution in [3.05, 3.63) is 46.0 Å². The van der Waals surface area contributed by atoms with E-state index in [2.05, 4.69) is 0 Å². The van der Waals surface area contributed by atoms with E-state index < -0.39 is 46.1 Å². The Balaban J connectivity index is 2.09. The van der Waals surface area contributed by atoms with Crippen molar-refractivity contribution in [1.82, 2.24) is 0 Å². The van der Waals surface area contributed by atoms with Gasteiger partial charge in [-0.3, -0.25) is 24.5 Å². The molecule has 0 aromatic heterocycles. The molecule has 0 N–H and O–H groups in total. The fourth-order valence-electron chi connectivity index (χ4n) is 3.62. The van der Waals surface area contributed by atoms with Gasteiger partial charge in [0.2, 0.25) is 17.6 Å². The summed E-state index contributed by atoms with van der Waals surface area (Å²) in [6, 6.07) is 7.74. The number of benzene rings is 1. The highest BCUT2D eigenvalue weighted by Gasteiger charge is 2.58. The highest BCUT2D eigenvalue weighted by molar-refractivity contribution is 6.68. The summed E-state index contributed by atoms with van der Waals surface area (Å²) in [4.78, 5) is 46.6. The minimum Gasteiger partial charge on any atom is -0.290 e. The second kappa shape index (κ2) is 4.87. The summed E-state index contributed by atoms with van der Waals surface area (Å²) in [7, 11) is 0. The Morgan fingerprint density at radius 3 is 2.24 bits per heavy atom. The topological polar surface area (TPSA) is 94.3 Å². The third kappa shape index (κ3) is 1.98. The predicted molar refractivity (Wildman–Crippen MR) is 71.2 cm³/mol. The molecule has 0 bridgehead atoms. The van der Waals surface area contributed by atoms with Crippen LogP contribution in [0.15, 0.2) is 30.3 Å². The molecular formula is C15H13NO5. The number of rotatable bonds is 2. The van der Waals surface area contributed by atoms with Gasteiger partial charge in [-0.05, 0) is 12.0 Å². The van der Waals surface area contributed by atoms with E-state index in [1.54, 1.807) is 30.3 Å². The highest BCUT2D eigenvalue weighted by Crippen LogP contribution is 2.46. The van der Waals surface area contributed by atoms with Crippen molar-refractivity contribution in [3.63, 3.8) is 0 Å². The van der Waals surface area contributed by atoms with E-state index in [4.69, 9.17) is 0 Å². The van der Waals surface area contributed by atoms with Crippen LogP contribution < -0.4 is 0 Å². The zero-order valence-corrected chi connectivity index (χ0v) is 11.1. The molecule has 1 aromatic rings. The molecule has 6 nitrogen and oxygen atoms in total. The first-order valence-electron chi connectivity index (χ1n) is 6.83. The van der Waals surface area contributed by atoms with Gasteiger partial charge < -0.3 is 0 Å². The van der Waals surface area contributed by atoms with Gasteiger partial charge in [0.1, 0.15) is 0 Å². The van der Waals surface area contributed by atoms with Gasteiger partial charge in [-0.2, -0.15) is 0 Å². The lowest BCUT2D eigenvalue weighted by Crippen LogP contribution is -2.42. The summed E-state index contributed by atoms with van der Waals surface area (Å²) in [6.45, 7) is 0. The van der Waals surface area contributed by atoms with Gasteiger partial charge in [-0.25, -0.2) is 0 Å². The second-order valence-corrected chi connectivity index (χ2v) is 5.56. The van der Waals surface area contributed by atoms with Crippen molar-refractivity contribution in [2.24, 2.45) is 11.8 Å². The summed E-state index contributed by atoms with van der Waals surface area (Å²) in [5.41, 5.74) is 0.643. The summed E-state index contributed by atoms with van der Waals surface area (Å²) < 4.78 is 0. The Morgan fingerprint density at radius 1 is 0.952 bits per heavy atom. The van der Waals surface area contributed by atoms with Crippen molar-refractivity contribution in [2.75, 3.05) is 0 Å². The molecule has 2 fully saturated rings. The average Bonchev–Trinajstić information content (AvgIpc) is 2.72. The fourth-order valence-corrected chi connectivity index (χ4v) is 3.62. The smallest absolute Gasteiger partial charge is 0.264 e. The molecule has 4 unspecified atom stereocenters. The molecule has 0 amide bonds. The van der Waals surface area contributed by atoms with Crippen molar-refractivity contribution < 1.29 is 19.3 Å². The average molecular weight is 287 g/mol. The summed E-state index contributed by atoms with van der Waals surface area (Å²) in [5, 5.41) is 11.3. The lowest BCUT2D eigenvalue weighted by atomic mass is 9.68. The van der Waals surface area contributed by atoms with E-state index in [0.29, 0.717) is 5.56 Å². The first kappa shape index (κ1) is 13.6. The Morgan fingerprint density at radius 2 is 1.62 bits per heavy atom. The van der Waals surface area contributed by atoms with Crippen LogP contribution in [0.2, 0.25) is 0 Å². The van der Waals surface area contributed by atoms with E-state index in [9.17, 15) is 24.5 Å². The van der Waals surface area contributed by atoms with E-state index in [-0.39, 0.29) is 12.8 Å². The molecule has 3 rings (SSSR count). The van der Waals surface area contributed by atoms with Crippen molar-refractivity contribution in [2.45, 2.75) is 24.8 Å². The molecule has 108 valence electrons. The van der Waals surface area contributed by atoms with E-state index in [1.165, 1.54) is 0 Å². The number of nitrogens with zero attached hydrogens (tertiary/aromatic N) is 1. The number of Topliss-reactive ketones (excluding diaryl/α,β-unsaturated/α-hetero) is 3. The molecule has 0 radical (unpaired) electrons. The van der Waals surface area contributed by atoms with Crippen LogP contribution in [-0.4, -0.2) is 28.3 Å². The molecular weight excluding hydrogens is 274 g/mol. The molecule has 0 saturated heterocycles. The van der Waals surface area contributed by atoms with Gasteiger partial charge in [0.05, 0.1) is 5.92 Å². The maximum Gasteiger partial charge on any atom is 0.264 e. The minimum atomic E-state index is -0.991. The Bertz CT molecular complexity index is 639. The first-order chi connectivity index (χ1) is 10.0. The van der Waals surface area contributed by atoms with Crippen LogP contribution in [-0.2, 0) is 14.4 Å². The third-order valence-corrected chi connectivity index (χ3v) is 4.55.